The second-order valence-electron chi connectivity index (χ2n) is 9.05. The van der Waals surface area contributed by atoms with Gasteiger partial charge in [-0.1, -0.05) is 37.6 Å². The lowest BCUT2D eigenvalue weighted by molar-refractivity contribution is 0.162. The molecule has 0 radical (unpaired) electrons. The summed E-state index contributed by atoms with van der Waals surface area (Å²) in [5.74, 6) is 0.862. The van der Waals surface area contributed by atoms with Gasteiger partial charge in [-0.05, 0) is 85.1 Å². The van der Waals surface area contributed by atoms with E-state index >= 15 is 0 Å². The number of unbranched alkanes of at least 4 members (excludes halogenated alkanes) is 1. The van der Waals surface area contributed by atoms with Crippen LogP contribution in [0.5, 0.6) is 5.75 Å². The van der Waals surface area contributed by atoms with E-state index in [9.17, 15) is 8.42 Å². The molecule has 186 valence electrons. The van der Waals surface area contributed by atoms with E-state index in [1.54, 1.807) is 0 Å². The molecule has 0 spiro atoms. The van der Waals surface area contributed by atoms with Crippen LogP contribution in [0.4, 0.5) is 5.69 Å². The quantitative estimate of drug-likeness (QED) is 0.286. The number of amidine groups is 1. The van der Waals surface area contributed by atoms with Crippen LogP contribution in [0.15, 0.2) is 60.7 Å². The minimum atomic E-state index is -3.52. The molecule has 0 aromatic heterocycles. The summed E-state index contributed by atoms with van der Waals surface area (Å²) in [7, 11) is -3.52. The highest BCUT2D eigenvalue weighted by Crippen LogP contribution is 2.27. The Morgan fingerprint density at radius 1 is 1.06 bits per heavy atom. The van der Waals surface area contributed by atoms with Gasteiger partial charge in [-0.2, -0.15) is 0 Å². The van der Waals surface area contributed by atoms with E-state index in [1.807, 2.05) is 67.6 Å². The van der Waals surface area contributed by atoms with Gasteiger partial charge >= 0.3 is 0 Å². The van der Waals surface area contributed by atoms with Gasteiger partial charge < -0.3 is 15.8 Å². The molecule has 0 saturated carbocycles. The molecule has 4 N–H and O–H groups in total. The van der Waals surface area contributed by atoms with Crippen LogP contribution < -0.4 is 20.1 Å². The highest BCUT2D eigenvalue weighted by molar-refractivity contribution is 7.92. The van der Waals surface area contributed by atoms with Gasteiger partial charge in [0.25, 0.3) is 0 Å². The predicted molar refractivity (Wildman–Crippen MR) is 143 cm³/mol. The summed E-state index contributed by atoms with van der Waals surface area (Å²) in [6, 6.07) is 18.9. The summed E-state index contributed by atoms with van der Waals surface area (Å²) in [4.78, 5) is 0. The van der Waals surface area contributed by atoms with E-state index < -0.39 is 10.0 Å². The predicted octanol–water partition coefficient (Wildman–Crippen LogP) is 4.39. The fourth-order valence-electron chi connectivity index (χ4n) is 4.31. The molecule has 0 aliphatic carbocycles. The normalized spacial score (nSPS) is 14.7. The third-order valence-electron chi connectivity index (χ3n) is 6.35. The number of nitrogen functional groups attached to an aromatic ring is 1. The van der Waals surface area contributed by atoms with Crippen LogP contribution in [-0.2, 0) is 16.6 Å². The maximum atomic E-state index is 13.3. The lowest BCUT2D eigenvalue weighted by Gasteiger charge is -2.26. The summed E-state index contributed by atoms with van der Waals surface area (Å²) in [6.07, 6.45) is 3.53. The molecule has 8 heteroatoms. The summed E-state index contributed by atoms with van der Waals surface area (Å²) < 4.78 is 34.3. The largest absolute Gasteiger partial charge is 0.490 e. The number of nitrogens with one attached hydrogen (secondary N) is 2. The minimum Gasteiger partial charge on any atom is -0.490 e. The Kier molecular flexibility index (Phi) is 7.93. The highest BCUT2D eigenvalue weighted by Gasteiger charge is 2.23. The second kappa shape index (κ2) is 11.1. The van der Waals surface area contributed by atoms with Gasteiger partial charge in [0.15, 0.2) is 0 Å². The Labute approximate surface area is 207 Å². The molecule has 4 rings (SSSR count). The molecule has 0 atom stereocenters. The monoisotopic (exact) mass is 494 g/mol. The minimum absolute atomic E-state index is 0.00729. The second-order valence-corrected chi connectivity index (χ2v) is 11.1. The van der Waals surface area contributed by atoms with Crippen molar-refractivity contribution in [2.24, 2.45) is 5.73 Å². The molecular weight excluding hydrogens is 460 g/mol. The number of nitrogens with two attached hydrogens (primary N) is 1. The number of benzene rings is 3. The molecule has 1 heterocycles. The Balaban J connectivity index is 1.61. The van der Waals surface area contributed by atoms with Gasteiger partial charge in [0, 0.05) is 5.56 Å². The molecule has 0 bridgehead atoms. The first-order valence-electron chi connectivity index (χ1n) is 12.2. The zero-order valence-electron chi connectivity index (χ0n) is 20.2. The third kappa shape index (κ3) is 6.32. The van der Waals surface area contributed by atoms with Gasteiger partial charge in [-0.15, -0.1) is 0 Å². The van der Waals surface area contributed by atoms with Crippen LogP contribution in [0.3, 0.4) is 0 Å². The van der Waals surface area contributed by atoms with Crippen molar-refractivity contribution >= 4 is 32.3 Å². The molecule has 7 nitrogen and oxygen atoms in total. The topological polar surface area (TPSA) is 109 Å². The number of sulfonamides is 1. The van der Waals surface area contributed by atoms with E-state index in [2.05, 4.69) is 5.32 Å². The molecule has 1 aliphatic rings. The van der Waals surface area contributed by atoms with E-state index in [-0.39, 0.29) is 24.2 Å². The Hall–Kier alpha value is -3.10. The van der Waals surface area contributed by atoms with Crippen molar-refractivity contribution in [2.45, 2.75) is 45.3 Å². The van der Waals surface area contributed by atoms with Crippen molar-refractivity contribution in [1.29, 1.82) is 5.41 Å². The zero-order chi connectivity index (χ0) is 24.8. The molecule has 1 saturated heterocycles. The zero-order valence-corrected chi connectivity index (χ0v) is 21.0. The number of ether oxygens (including phenoxy) is 1. The van der Waals surface area contributed by atoms with Crippen molar-refractivity contribution in [1.82, 2.24) is 5.32 Å². The van der Waals surface area contributed by atoms with Gasteiger partial charge in [-0.25, -0.2) is 8.42 Å². The van der Waals surface area contributed by atoms with Crippen molar-refractivity contribution in [2.75, 3.05) is 23.1 Å². The average Bonchev–Trinajstić information content (AvgIpc) is 2.86. The average molecular weight is 495 g/mol. The lowest BCUT2D eigenvalue weighted by atomic mass is 10.0. The number of hydrogen-bond acceptors (Lipinski definition) is 5. The standard InChI is InChI=1S/C27H34N4O3S/c1-2-3-16-35(32,33)31(24-8-10-25(11-9-24)34-26-12-14-30-15-13-26)19-20-4-5-21-6-7-22(27(28)29)18-23(21)17-20/h4-11,17-18,26,30H,2-3,12-16,19H2,1H3,(H3,28,29). The molecule has 0 unspecified atom stereocenters. The molecule has 35 heavy (non-hydrogen) atoms. The van der Waals surface area contributed by atoms with E-state index in [4.69, 9.17) is 15.9 Å². The van der Waals surface area contributed by atoms with Crippen molar-refractivity contribution < 1.29 is 13.2 Å². The Morgan fingerprint density at radius 2 is 1.77 bits per heavy atom. The first-order chi connectivity index (χ1) is 16.9. The van der Waals surface area contributed by atoms with E-state index in [0.717, 1.165) is 54.4 Å². The van der Waals surface area contributed by atoms with Crippen LogP contribution in [-0.4, -0.2) is 39.2 Å². The first-order valence-corrected chi connectivity index (χ1v) is 13.8. The molecule has 1 aliphatic heterocycles. The van der Waals surface area contributed by atoms with Gasteiger partial charge in [0.2, 0.25) is 10.0 Å². The number of piperidine rings is 1. The fraction of sp³-hybridized carbons (Fsp3) is 0.370. The first kappa shape index (κ1) is 25.0. The van der Waals surface area contributed by atoms with Crippen LogP contribution in [0.1, 0.15) is 43.7 Å². The SMILES string of the molecule is CCCCS(=O)(=O)N(Cc1ccc2ccc(C(=N)N)cc2c1)c1ccc(OC2CCNCC2)cc1. The number of nitrogens with zero attached hydrogens (tertiary/aromatic N) is 1. The lowest BCUT2D eigenvalue weighted by Crippen LogP contribution is -2.34. The molecule has 3 aromatic rings. The third-order valence-corrected chi connectivity index (χ3v) is 8.16. The summed E-state index contributed by atoms with van der Waals surface area (Å²) in [6.45, 7) is 4.11. The molecule has 1 fully saturated rings. The highest BCUT2D eigenvalue weighted by atomic mass is 32.2. The molecule has 0 amide bonds. The number of rotatable bonds is 10. The Morgan fingerprint density at radius 3 is 2.46 bits per heavy atom. The summed E-state index contributed by atoms with van der Waals surface area (Å²) in [5.41, 5.74) is 7.79. The number of hydrogen-bond donors (Lipinski definition) is 3. The fourth-order valence-corrected chi connectivity index (χ4v) is 5.97. The van der Waals surface area contributed by atoms with Gasteiger partial charge in [0.1, 0.15) is 17.7 Å². The smallest absolute Gasteiger partial charge is 0.235 e. The van der Waals surface area contributed by atoms with Crippen molar-refractivity contribution in [3.63, 3.8) is 0 Å². The number of fused-ring (bicyclic) bond motifs is 1. The summed E-state index contributed by atoms with van der Waals surface area (Å²) in [5, 5.41) is 13.0. The van der Waals surface area contributed by atoms with Crippen LogP contribution in [0, 0.1) is 5.41 Å². The van der Waals surface area contributed by atoms with Crippen LogP contribution in [0.25, 0.3) is 10.8 Å². The maximum absolute atomic E-state index is 13.3. The van der Waals surface area contributed by atoms with Gasteiger partial charge in [0.05, 0.1) is 18.0 Å². The summed E-state index contributed by atoms with van der Waals surface area (Å²) >= 11 is 0. The van der Waals surface area contributed by atoms with Crippen LogP contribution in [0.2, 0.25) is 0 Å². The van der Waals surface area contributed by atoms with Gasteiger partial charge in [-0.3, -0.25) is 9.71 Å². The van der Waals surface area contributed by atoms with Crippen LogP contribution >= 0.6 is 0 Å². The Bertz CT molecular complexity index is 1270. The maximum Gasteiger partial charge on any atom is 0.235 e. The van der Waals surface area contributed by atoms with E-state index in [0.29, 0.717) is 17.7 Å². The number of anilines is 1. The molecule has 3 aromatic carbocycles. The van der Waals surface area contributed by atoms with Crippen molar-refractivity contribution in [3.05, 3.63) is 71.8 Å². The molecular formula is C27H34N4O3S. The van der Waals surface area contributed by atoms with E-state index in [1.165, 1.54) is 4.31 Å². The van der Waals surface area contributed by atoms with Crippen molar-refractivity contribution in [3.8, 4) is 5.75 Å².